The molecule has 1 saturated carbocycles. The average molecular weight is 436 g/mol. The van der Waals surface area contributed by atoms with Gasteiger partial charge in [0.25, 0.3) is 0 Å². The van der Waals surface area contributed by atoms with Crippen LogP contribution in [0.1, 0.15) is 30.6 Å². The van der Waals surface area contributed by atoms with Gasteiger partial charge in [0.1, 0.15) is 0 Å². The van der Waals surface area contributed by atoms with E-state index in [2.05, 4.69) is 59.1 Å². The number of rotatable bonds is 7. The van der Waals surface area contributed by atoms with Crippen molar-refractivity contribution in [1.29, 1.82) is 0 Å². The molecule has 2 unspecified atom stereocenters. The van der Waals surface area contributed by atoms with Crippen LogP contribution in [0.5, 0.6) is 0 Å². The summed E-state index contributed by atoms with van der Waals surface area (Å²) < 4.78 is 0. The second kappa shape index (κ2) is 9.72. The Morgan fingerprint density at radius 1 is 1.36 bits per heavy atom. The number of nitrogens with one attached hydrogen (secondary N) is 2. The Morgan fingerprint density at radius 3 is 2.55 bits per heavy atom. The Kier molecular flexibility index (Phi) is 8.71. The normalized spacial score (nSPS) is 17.8. The molecular weight excluding hydrogens is 407 g/mol. The lowest BCUT2D eigenvalue weighted by Crippen LogP contribution is -2.46. The second-order valence-corrected chi connectivity index (χ2v) is 7.10. The van der Waals surface area contributed by atoms with Crippen molar-refractivity contribution < 1.29 is 0 Å². The zero-order valence-corrected chi connectivity index (χ0v) is 17.2. The molecular formula is C16H29IN4S. The molecule has 2 rings (SSSR count). The minimum Gasteiger partial charge on any atom is -0.356 e. The largest absolute Gasteiger partial charge is 0.356 e. The van der Waals surface area contributed by atoms with Gasteiger partial charge in [-0.3, -0.25) is 4.99 Å². The Bertz CT molecular complexity index is 441. The van der Waals surface area contributed by atoms with Crippen LogP contribution >= 0.6 is 35.3 Å². The van der Waals surface area contributed by atoms with E-state index in [0.717, 1.165) is 25.0 Å². The molecule has 2 N–H and O–H groups in total. The van der Waals surface area contributed by atoms with Crippen LogP contribution in [-0.2, 0) is 0 Å². The molecule has 0 aromatic carbocycles. The molecule has 1 aliphatic rings. The molecule has 1 aliphatic carbocycles. The topological polar surface area (TPSA) is 39.7 Å². The maximum absolute atomic E-state index is 4.33. The third-order valence-corrected chi connectivity index (χ3v) is 5.24. The van der Waals surface area contributed by atoms with Gasteiger partial charge in [-0.25, -0.2) is 0 Å². The molecule has 0 amide bonds. The molecule has 0 saturated heterocycles. The molecule has 6 heteroatoms. The number of nitrogens with zero attached hydrogens (tertiary/aromatic N) is 2. The van der Waals surface area contributed by atoms with E-state index in [4.69, 9.17) is 0 Å². The maximum Gasteiger partial charge on any atom is 0.191 e. The van der Waals surface area contributed by atoms with Gasteiger partial charge in [0, 0.05) is 37.0 Å². The minimum absolute atomic E-state index is 0. The van der Waals surface area contributed by atoms with Gasteiger partial charge in [-0.15, -0.1) is 35.3 Å². The first kappa shape index (κ1) is 19.7. The monoisotopic (exact) mass is 436 g/mol. The van der Waals surface area contributed by atoms with Crippen LogP contribution in [0.3, 0.4) is 0 Å². The summed E-state index contributed by atoms with van der Waals surface area (Å²) in [5, 5.41) is 9.05. The van der Waals surface area contributed by atoms with E-state index in [1.807, 2.05) is 18.4 Å². The predicted octanol–water partition coefficient (Wildman–Crippen LogP) is 2.97. The molecule has 1 aromatic heterocycles. The van der Waals surface area contributed by atoms with Crippen LogP contribution in [0, 0.1) is 5.92 Å². The zero-order chi connectivity index (χ0) is 15.2. The van der Waals surface area contributed by atoms with E-state index in [1.54, 1.807) is 0 Å². The fourth-order valence-electron chi connectivity index (χ4n) is 2.60. The van der Waals surface area contributed by atoms with Gasteiger partial charge in [-0.1, -0.05) is 13.0 Å². The number of thiophene rings is 1. The van der Waals surface area contributed by atoms with Crippen molar-refractivity contribution in [2.45, 2.75) is 31.7 Å². The second-order valence-electron chi connectivity index (χ2n) is 6.12. The molecule has 1 heterocycles. The van der Waals surface area contributed by atoms with E-state index in [0.29, 0.717) is 12.0 Å². The summed E-state index contributed by atoms with van der Waals surface area (Å²) in [6, 6.07) is 4.92. The van der Waals surface area contributed by atoms with Crippen molar-refractivity contribution >= 4 is 41.3 Å². The number of hydrogen-bond acceptors (Lipinski definition) is 3. The fourth-order valence-corrected chi connectivity index (χ4v) is 3.38. The highest BCUT2D eigenvalue weighted by Crippen LogP contribution is 2.34. The first-order valence-corrected chi connectivity index (χ1v) is 8.64. The average Bonchev–Trinajstić information content (AvgIpc) is 3.14. The Morgan fingerprint density at radius 2 is 2.05 bits per heavy atom. The van der Waals surface area contributed by atoms with Gasteiger partial charge in [-0.05, 0) is 44.3 Å². The SMILES string of the molecule is CN=C(NCC(C)c1cccs1)NCC(C1CC1)N(C)C.I. The highest BCUT2D eigenvalue weighted by atomic mass is 127. The van der Waals surface area contributed by atoms with Crippen LogP contribution in [0.4, 0.5) is 0 Å². The van der Waals surface area contributed by atoms with Gasteiger partial charge in [-0.2, -0.15) is 0 Å². The van der Waals surface area contributed by atoms with Crippen LogP contribution in [-0.4, -0.2) is 51.1 Å². The minimum atomic E-state index is 0. The molecule has 22 heavy (non-hydrogen) atoms. The van der Waals surface area contributed by atoms with Crippen molar-refractivity contribution in [2.75, 3.05) is 34.2 Å². The Balaban J connectivity index is 0.00000242. The molecule has 0 bridgehead atoms. The summed E-state index contributed by atoms with van der Waals surface area (Å²) in [4.78, 5) is 8.08. The van der Waals surface area contributed by atoms with Crippen molar-refractivity contribution in [3.8, 4) is 0 Å². The highest BCUT2D eigenvalue weighted by molar-refractivity contribution is 14.0. The van der Waals surface area contributed by atoms with Crippen LogP contribution in [0.25, 0.3) is 0 Å². The van der Waals surface area contributed by atoms with E-state index in [-0.39, 0.29) is 24.0 Å². The van der Waals surface area contributed by atoms with Crippen molar-refractivity contribution in [2.24, 2.45) is 10.9 Å². The molecule has 0 aliphatic heterocycles. The predicted molar refractivity (Wildman–Crippen MR) is 108 cm³/mol. The molecule has 1 aromatic rings. The molecule has 0 spiro atoms. The quantitative estimate of drug-likeness (QED) is 0.392. The summed E-state index contributed by atoms with van der Waals surface area (Å²) in [6.07, 6.45) is 2.73. The Hall–Kier alpha value is -0.340. The van der Waals surface area contributed by atoms with E-state index in [9.17, 15) is 0 Å². The summed E-state index contributed by atoms with van der Waals surface area (Å²) in [5.41, 5.74) is 0. The summed E-state index contributed by atoms with van der Waals surface area (Å²) >= 11 is 1.82. The van der Waals surface area contributed by atoms with Gasteiger partial charge in [0.05, 0.1) is 0 Å². The standard InChI is InChI=1S/C16H28N4S.HI/c1-12(15-6-5-9-21-15)10-18-16(17-2)19-11-14(20(3)4)13-7-8-13;/h5-6,9,12-14H,7-8,10-11H2,1-4H3,(H2,17,18,19);1H. The lowest BCUT2D eigenvalue weighted by Gasteiger charge is -2.25. The molecule has 4 nitrogen and oxygen atoms in total. The number of halogens is 1. The van der Waals surface area contributed by atoms with Gasteiger partial charge in [0.2, 0.25) is 0 Å². The summed E-state index contributed by atoms with van der Waals surface area (Å²) in [7, 11) is 6.17. The lowest BCUT2D eigenvalue weighted by molar-refractivity contribution is 0.264. The van der Waals surface area contributed by atoms with Crippen molar-refractivity contribution in [1.82, 2.24) is 15.5 Å². The van der Waals surface area contributed by atoms with Gasteiger partial charge >= 0.3 is 0 Å². The van der Waals surface area contributed by atoms with Gasteiger partial charge < -0.3 is 15.5 Å². The van der Waals surface area contributed by atoms with E-state index >= 15 is 0 Å². The molecule has 126 valence electrons. The highest BCUT2D eigenvalue weighted by Gasteiger charge is 2.32. The number of guanidine groups is 1. The number of hydrogen-bond donors (Lipinski definition) is 2. The smallest absolute Gasteiger partial charge is 0.191 e. The third kappa shape index (κ3) is 6.04. The van der Waals surface area contributed by atoms with Crippen molar-refractivity contribution in [3.63, 3.8) is 0 Å². The van der Waals surface area contributed by atoms with Crippen LogP contribution < -0.4 is 10.6 Å². The van der Waals surface area contributed by atoms with E-state index < -0.39 is 0 Å². The lowest BCUT2D eigenvalue weighted by atomic mass is 10.1. The van der Waals surface area contributed by atoms with Gasteiger partial charge in [0.15, 0.2) is 5.96 Å². The first-order valence-electron chi connectivity index (χ1n) is 7.76. The number of likely N-dealkylation sites (N-methyl/N-ethyl adjacent to an activating group) is 1. The zero-order valence-electron chi connectivity index (χ0n) is 14.0. The third-order valence-electron chi connectivity index (χ3n) is 4.14. The first-order chi connectivity index (χ1) is 10.1. The van der Waals surface area contributed by atoms with Crippen LogP contribution in [0.2, 0.25) is 0 Å². The maximum atomic E-state index is 4.33. The Labute approximate surface area is 155 Å². The molecule has 0 radical (unpaired) electrons. The summed E-state index contributed by atoms with van der Waals surface area (Å²) in [6.45, 7) is 4.12. The summed E-state index contributed by atoms with van der Waals surface area (Å²) in [5.74, 6) is 2.28. The van der Waals surface area contributed by atoms with E-state index in [1.165, 1.54) is 17.7 Å². The van der Waals surface area contributed by atoms with Crippen molar-refractivity contribution in [3.05, 3.63) is 22.4 Å². The molecule has 2 atom stereocenters. The van der Waals surface area contributed by atoms with Crippen LogP contribution in [0.15, 0.2) is 22.5 Å². The fraction of sp³-hybridized carbons (Fsp3) is 0.688. The number of aliphatic imine (C=N–C) groups is 1. The molecule has 1 fully saturated rings.